The molecule has 1 amide bonds. The van der Waals surface area contributed by atoms with Crippen molar-refractivity contribution in [3.63, 3.8) is 0 Å². The van der Waals surface area contributed by atoms with E-state index in [1.54, 1.807) is 44.2 Å². The highest BCUT2D eigenvalue weighted by molar-refractivity contribution is 6.31. The first-order chi connectivity index (χ1) is 20.9. The molecule has 0 aliphatic carbocycles. The largest absolute Gasteiger partial charge is 0.496 e. The van der Waals surface area contributed by atoms with E-state index in [4.69, 9.17) is 32.7 Å². The number of nitriles is 1. The molecule has 11 heteroatoms. The summed E-state index contributed by atoms with van der Waals surface area (Å²) >= 11 is 12.5. The summed E-state index contributed by atoms with van der Waals surface area (Å²) in [5.41, 5.74) is -0.612. The first-order valence-electron chi connectivity index (χ1n) is 13.9. The standard InChI is InChI=1S/C33H30Cl2FN3O5/c1-32(2,16-37)15-26-33(21-11-10-19(34)14-23(21)38-31(33)42)27(20-6-5-7-22(35)28(20)36)29(39-26)24(40)12-17-8-9-18(30(41)44-4)13-25(17)43-3/h5-11,13-14,26-27,29,39H,12,15H2,1-4H3,(H,38,42)/t26-,27-,29-,33+/m0/s1. The Morgan fingerprint density at radius 1 is 1.11 bits per heavy atom. The molecule has 3 aromatic rings. The highest BCUT2D eigenvalue weighted by atomic mass is 35.5. The minimum atomic E-state index is -1.50. The van der Waals surface area contributed by atoms with Gasteiger partial charge in [0.2, 0.25) is 5.91 Å². The Labute approximate surface area is 264 Å². The molecule has 3 aromatic carbocycles. The highest BCUT2D eigenvalue weighted by Crippen LogP contribution is 2.57. The maximum atomic E-state index is 16.0. The molecule has 1 saturated heterocycles. The van der Waals surface area contributed by atoms with E-state index in [0.29, 0.717) is 27.6 Å². The molecule has 0 radical (unpaired) electrons. The summed E-state index contributed by atoms with van der Waals surface area (Å²) in [6.45, 7) is 3.49. The molecule has 228 valence electrons. The Morgan fingerprint density at radius 3 is 2.55 bits per heavy atom. The van der Waals surface area contributed by atoms with E-state index >= 15 is 4.39 Å². The van der Waals surface area contributed by atoms with Gasteiger partial charge in [-0.25, -0.2) is 9.18 Å². The van der Waals surface area contributed by atoms with Crippen molar-refractivity contribution in [2.24, 2.45) is 5.41 Å². The smallest absolute Gasteiger partial charge is 0.337 e. The summed E-state index contributed by atoms with van der Waals surface area (Å²) in [7, 11) is 2.68. The minimum absolute atomic E-state index is 0.0894. The van der Waals surface area contributed by atoms with E-state index < -0.39 is 46.5 Å². The molecular weight excluding hydrogens is 608 g/mol. The fourth-order valence-corrected chi connectivity index (χ4v) is 6.93. The van der Waals surface area contributed by atoms with Crippen LogP contribution >= 0.6 is 23.2 Å². The van der Waals surface area contributed by atoms with E-state index in [9.17, 15) is 19.6 Å². The molecule has 1 spiro atoms. The second-order valence-electron chi connectivity index (χ2n) is 11.7. The van der Waals surface area contributed by atoms with E-state index in [0.717, 1.165) is 0 Å². The number of hydrogen-bond acceptors (Lipinski definition) is 7. The molecule has 4 atom stereocenters. The Hall–Kier alpha value is -3.97. The lowest BCUT2D eigenvalue weighted by Gasteiger charge is -2.37. The lowest BCUT2D eigenvalue weighted by atomic mass is 9.62. The number of methoxy groups -OCH3 is 2. The van der Waals surface area contributed by atoms with Crippen molar-refractivity contribution < 1.29 is 28.2 Å². The van der Waals surface area contributed by atoms with Crippen LogP contribution in [0.5, 0.6) is 5.75 Å². The monoisotopic (exact) mass is 637 g/mol. The molecule has 0 aromatic heterocycles. The van der Waals surface area contributed by atoms with Crippen molar-refractivity contribution in [1.82, 2.24) is 5.32 Å². The Morgan fingerprint density at radius 2 is 1.86 bits per heavy atom. The number of rotatable bonds is 8. The lowest BCUT2D eigenvalue weighted by Crippen LogP contribution is -2.50. The minimum Gasteiger partial charge on any atom is -0.496 e. The summed E-state index contributed by atoms with van der Waals surface area (Å²) in [6.07, 6.45) is -0.000880. The number of esters is 1. The van der Waals surface area contributed by atoms with Gasteiger partial charge in [-0.1, -0.05) is 47.5 Å². The Kier molecular flexibility index (Phi) is 8.47. The summed E-state index contributed by atoms with van der Waals surface area (Å²) in [4.78, 5) is 40.7. The van der Waals surface area contributed by atoms with Gasteiger partial charge in [-0.3, -0.25) is 9.59 Å². The van der Waals surface area contributed by atoms with Crippen molar-refractivity contribution in [2.75, 3.05) is 19.5 Å². The number of anilines is 1. The van der Waals surface area contributed by atoms with Crippen LogP contribution in [-0.4, -0.2) is 44.0 Å². The number of nitrogens with one attached hydrogen (secondary N) is 2. The van der Waals surface area contributed by atoms with Gasteiger partial charge in [0, 0.05) is 34.7 Å². The van der Waals surface area contributed by atoms with Crippen LogP contribution in [0.15, 0.2) is 54.6 Å². The van der Waals surface area contributed by atoms with Gasteiger partial charge in [-0.05, 0) is 61.7 Å². The van der Waals surface area contributed by atoms with Gasteiger partial charge in [0.25, 0.3) is 0 Å². The number of hydrogen-bond donors (Lipinski definition) is 2. The zero-order chi connectivity index (χ0) is 32.0. The summed E-state index contributed by atoms with van der Waals surface area (Å²) < 4.78 is 26.3. The van der Waals surface area contributed by atoms with Gasteiger partial charge in [-0.15, -0.1) is 0 Å². The molecule has 2 aliphatic heterocycles. The maximum absolute atomic E-state index is 16.0. The molecule has 44 heavy (non-hydrogen) atoms. The third-order valence-electron chi connectivity index (χ3n) is 8.56. The molecule has 1 fully saturated rings. The number of ether oxygens (including phenoxy) is 2. The zero-order valence-electron chi connectivity index (χ0n) is 24.5. The Bertz CT molecular complexity index is 1720. The van der Waals surface area contributed by atoms with Crippen LogP contribution in [-0.2, 0) is 26.2 Å². The third-order valence-corrected chi connectivity index (χ3v) is 9.09. The van der Waals surface area contributed by atoms with Gasteiger partial charge in [0.05, 0.1) is 42.3 Å². The SMILES string of the molecule is COC(=O)c1ccc(CC(=O)[C@@H]2N[C@@H](CC(C)(C)C#N)[C@@]3(C(=O)Nc4cc(Cl)ccc43)[C@H]2c2cccc(Cl)c2F)c(OC)c1. The molecule has 2 aliphatic rings. The van der Waals surface area contributed by atoms with Gasteiger partial charge in [-0.2, -0.15) is 5.26 Å². The fourth-order valence-electron chi connectivity index (χ4n) is 6.58. The van der Waals surface area contributed by atoms with Gasteiger partial charge < -0.3 is 20.1 Å². The number of fused-ring (bicyclic) bond motifs is 2. The van der Waals surface area contributed by atoms with Crippen molar-refractivity contribution >= 4 is 46.5 Å². The van der Waals surface area contributed by atoms with Crippen molar-refractivity contribution in [3.8, 4) is 11.8 Å². The van der Waals surface area contributed by atoms with Crippen LogP contribution in [0.1, 0.15) is 53.2 Å². The van der Waals surface area contributed by atoms with Crippen LogP contribution in [0.25, 0.3) is 0 Å². The van der Waals surface area contributed by atoms with Crippen molar-refractivity contribution in [1.29, 1.82) is 5.26 Å². The number of halogens is 3. The normalized spacial score (nSPS) is 22.3. The summed E-state index contributed by atoms with van der Waals surface area (Å²) in [5, 5.41) is 16.5. The second kappa shape index (κ2) is 11.8. The van der Waals surface area contributed by atoms with E-state index in [-0.39, 0.29) is 34.8 Å². The highest BCUT2D eigenvalue weighted by Gasteiger charge is 2.66. The van der Waals surface area contributed by atoms with Crippen LogP contribution in [0.2, 0.25) is 10.0 Å². The second-order valence-corrected chi connectivity index (χ2v) is 12.5. The number of ketones is 1. The maximum Gasteiger partial charge on any atom is 0.337 e. The summed E-state index contributed by atoms with van der Waals surface area (Å²) in [5.74, 6) is -2.87. The number of carbonyl (C=O) groups excluding carboxylic acids is 3. The first kappa shape index (κ1) is 31.5. The summed E-state index contributed by atoms with van der Waals surface area (Å²) in [6, 6.07) is 14.5. The van der Waals surface area contributed by atoms with Crippen molar-refractivity contribution in [2.45, 2.75) is 50.1 Å². The number of benzene rings is 3. The molecule has 0 saturated carbocycles. The van der Waals surface area contributed by atoms with E-state index in [2.05, 4.69) is 16.7 Å². The molecular formula is C33H30Cl2FN3O5. The van der Waals surface area contributed by atoms with Crippen LogP contribution in [0, 0.1) is 22.6 Å². The topological polar surface area (TPSA) is 118 Å². The zero-order valence-corrected chi connectivity index (χ0v) is 26.0. The lowest BCUT2D eigenvalue weighted by molar-refractivity contribution is -0.122. The number of nitrogens with zero attached hydrogens (tertiary/aromatic N) is 1. The van der Waals surface area contributed by atoms with Crippen LogP contribution in [0.3, 0.4) is 0 Å². The third kappa shape index (κ3) is 5.21. The average molecular weight is 639 g/mol. The molecule has 0 unspecified atom stereocenters. The molecule has 5 rings (SSSR count). The first-order valence-corrected chi connectivity index (χ1v) is 14.6. The van der Waals surface area contributed by atoms with Gasteiger partial charge in [0.15, 0.2) is 5.78 Å². The quantitative estimate of drug-likeness (QED) is 0.291. The van der Waals surface area contributed by atoms with Gasteiger partial charge >= 0.3 is 5.97 Å². The Balaban J connectivity index is 1.70. The molecule has 0 bridgehead atoms. The van der Waals surface area contributed by atoms with E-state index in [1.165, 1.54) is 38.5 Å². The number of carbonyl (C=O) groups is 3. The van der Waals surface area contributed by atoms with E-state index in [1.807, 2.05) is 0 Å². The fraction of sp³-hybridized carbons (Fsp3) is 0.333. The number of Topliss-reactive ketones (excluding diaryl/α,β-unsaturated/α-hetero) is 1. The molecule has 8 nitrogen and oxygen atoms in total. The predicted octanol–water partition coefficient (Wildman–Crippen LogP) is 5.99. The van der Waals surface area contributed by atoms with Crippen LogP contribution in [0.4, 0.5) is 10.1 Å². The molecule has 2 N–H and O–H groups in total. The number of amides is 1. The van der Waals surface area contributed by atoms with Crippen molar-refractivity contribution in [3.05, 3.63) is 92.7 Å². The molecule has 2 heterocycles. The average Bonchev–Trinajstić information content (AvgIpc) is 3.47. The van der Waals surface area contributed by atoms with Gasteiger partial charge in [0.1, 0.15) is 17.0 Å². The predicted molar refractivity (Wildman–Crippen MR) is 164 cm³/mol. The van der Waals surface area contributed by atoms with Crippen LogP contribution < -0.4 is 15.4 Å².